The van der Waals surface area contributed by atoms with Crippen LogP contribution in [-0.4, -0.2) is 41.3 Å². The first kappa shape index (κ1) is 24.7. The van der Waals surface area contributed by atoms with Gasteiger partial charge in [0.1, 0.15) is 17.8 Å². The maximum absolute atomic E-state index is 13.0. The molecule has 10 heteroatoms. The van der Waals surface area contributed by atoms with Crippen LogP contribution in [0.2, 0.25) is 0 Å². The van der Waals surface area contributed by atoms with Crippen molar-refractivity contribution in [3.05, 3.63) is 23.9 Å². The monoisotopic (exact) mass is 445 g/mol. The summed E-state index contributed by atoms with van der Waals surface area (Å²) in [7, 11) is 0. The van der Waals surface area contributed by atoms with Gasteiger partial charge in [0, 0.05) is 6.20 Å². The first-order valence-corrected chi connectivity index (χ1v) is 10.3. The summed E-state index contributed by atoms with van der Waals surface area (Å²) in [4.78, 5) is 28.6. The van der Waals surface area contributed by atoms with E-state index in [0.717, 1.165) is 18.9 Å². The third-order valence-corrected chi connectivity index (χ3v) is 5.03. The van der Waals surface area contributed by atoms with Gasteiger partial charge in [0.15, 0.2) is 0 Å². The summed E-state index contributed by atoms with van der Waals surface area (Å²) in [6, 6.07) is 2.07. The number of carbonyl (C=O) groups excluding carboxylic acids is 2. The number of hydrogen-bond acceptors (Lipinski definition) is 5. The largest absolute Gasteiger partial charge is 0.475 e. The van der Waals surface area contributed by atoms with Crippen molar-refractivity contribution in [3.8, 4) is 5.88 Å². The van der Waals surface area contributed by atoms with Crippen LogP contribution in [0.5, 0.6) is 5.88 Å². The molecule has 174 valence electrons. The number of pyridine rings is 1. The van der Waals surface area contributed by atoms with E-state index in [0.29, 0.717) is 12.8 Å². The summed E-state index contributed by atoms with van der Waals surface area (Å²) in [5, 5.41) is 5.53. The molecule has 2 unspecified atom stereocenters. The van der Waals surface area contributed by atoms with Crippen molar-refractivity contribution < 1.29 is 32.2 Å². The SMILES string of the molecule is CC(C)(C)OC(=O)NC1(C)CCCCC1C(=O)NCCOc1ncccc1C(F)(F)F. The van der Waals surface area contributed by atoms with Crippen molar-refractivity contribution in [1.29, 1.82) is 0 Å². The van der Waals surface area contributed by atoms with E-state index in [1.807, 2.05) is 0 Å². The molecule has 1 aliphatic rings. The molecule has 2 rings (SSSR count). The summed E-state index contributed by atoms with van der Waals surface area (Å²) < 4.78 is 49.4. The van der Waals surface area contributed by atoms with Gasteiger partial charge in [-0.3, -0.25) is 4.79 Å². The smallest absolute Gasteiger partial charge is 0.421 e. The second-order valence-electron chi connectivity index (χ2n) is 8.84. The Morgan fingerprint density at radius 1 is 1.26 bits per heavy atom. The van der Waals surface area contributed by atoms with Crippen LogP contribution < -0.4 is 15.4 Å². The van der Waals surface area contributed by atoms with Crippen LogP contribution >= 0.6 is 0 Å². The van der Waals surface area contributed by atoms with Gasteiger partial charge in [0.05, 0.1) is 18.0 Å². The van der Waals surface area contributed by atoms with Gasteiger partial charge in [0.25, 0.3) is 0 Å². The Kier molecular flexibility index (Phi) is 7.77. The lowest BCUT2D eigenvalue weighted by Gasteiger charge is -2.41. The minimum absolute atomic E-state index is 0.00568. The Hall–Kier alpha value is -2.52. The zero-order valence-corrected chi connectivity index (χ0v) is 18.3. The number of aromatic nitrogens is 1. The second kappa shape index (κ2) is 9.74. The van der Waals surface area contributed by atoms with Crippen molar-refractivity contribution in [2.75, 3.05) is 13.2 Å². The van der Waals surface area contributed by atoms with Gasteiger partial charge in [-0.05, 0) is 52.7 Å². The topological polar surface area (TPSA) is 89.5 Å². The third kappa shape index (κ3) is 7.29. The minimum Gasteiger partial charge on any atom is -0.475 e. The van der Waals surface area contributed by atoms with E-state index in [2.05, 4.69) is 15.6 Å². The number of hydrogen-bond donors (Lipinski definition) is 2. The average molecular weight is 445 g/mol. The molecule has 2 N–H and O–H groups in total. The molecule has 0 radical (unpaired) electrons. The lowest BCUT2D eigenvalue weighted by Crippen LogP contribution is -2.58. The standard InChI is InChI=1S/C21H30F3N3O4/c1-19(2,3)31-18(29)27-20(4)10-6-5-8-14(20)16(28)25-12-13-30-17-15(21(22,23)24)9-7-11-26-17/h7,9,11,14H,5-6,8,10,12-13H2,1-4H3,(H,25,28)(H,27,29). The van der Waals surface area contributed by atoms with Gasteiger partial charge in [-0.15, -0.1) is 0 Å². The van der Waals surface area contributed by atoms with Crippen molar-refractivity contribution in [1.82, 2.24) is 15.6 Å². The first-order valence-electron chi connectivity index (χ1n) is 10.3. The Bertz CT molecular complexity index is 780. The quantitative estimate of drug-likeness (QED) is 0.645. The lowest BCUT2D eigenvalue weighted by atomic mass is 9.73. The Morgan fingerprint density at radius 2 is 1.97 bits per heavy atom. The van der Waals surface area contributed by atoms with Crippen molar-refractivity contribution in [3.63, 3.8) is 0 Å². The molecule has 0 saturated heterocycles. The summed E-state index contributed by atoms with van der Waals surface area (Å²) in [6.45, 7) is 6.91. The second-order valence-corrected chi connectivity index (χ2v) is 8.84. The van der Waals surface area contributed by atoms with Crippen LogP contribution in [0, 0.1) is 5.92 Å². The number of halogens is 3. The van der Waals surface area contributed by atoms with E-state index in [9.17, 15) is 22.8 Å². The summed E-state index contributed by atoms with van der Waals surface area (Å²) in [6.07, 6.45) is -1.07. The zero-order chi connectivity index (χ0) is 23.3. The number of alkyl carbamates (subject to hydrolysis) is 1. The van der Waals surface area contributed by atoms with Gasteiger partial charge < -0.3 is 20.1 Å². The Morgan fingerprint density at radius 3 is 2.61 bits per heavy atom. The number of carbonyl (C=O) groups is 2. The van der Waals surface area contributed by atoms with Gasteiger partial charge in [-0.1, -0.05) is 12.8 Å². The maximum atomic E-state index is 13.0. The maximum Gasteiger partial charge on any atom is 0.421 e. The predicted molar refractivity (Wildman–Crippen MR) is 107 cm³/mol. The number of nitrogens with one attached hydrogen (secondary N) is 2. The highest BCUT2D eigenvalue weighted by Crippen LogP contribution is 2.35. The van der Waals surface area contributed by atoms with E-state index >= 15 is 0 Å². The van der Waals surface area contributed by atoms with E-state index < -0.39 is 40.8 Å². The molecule has 1 saturated carbocycles. The highest BCUT2D eigenvalue weighted by Gasteiger charge is 2.43. The highest BCUT2D eigenvalue weighted by molar-refractivity contribution is 5.81. The fourth-order valence-corrected chi connectivity index (χ4v) is 3.61. The Balaban J connectivity index is 1.92. The van der Waals surface area contributed by atoms with Crippen LogP contribution in [0.3, 0.4) is 0 Å². The lowest BCUT2D eigenvalue weighted by molar-refractivity contribution is -0.139. The molecule has 0 spiro atoms. The first-order chi connectivity index (χ1) is 14.3. The number of amides is 2. The molecule has 1 fully saturated rings. The molecule has 1 aromatic rings. The summed E-state index contributed by atoms with van der Waals surface area (Å²) >= 11 is 0. The number of nitrogens with zero attached hydrogens (tertiary/aromatic N) is 1. The fourth-order valence-electron chi connectivity index (χ4n) is 3.61. The van der Waals surface area contributed by atoms with Crippen LogP contribution in [0.15, 0.2) is 18.3 Å². The molecule has 0 bridgehead atoms. The van der Waals surface area contributed by atoms with E-state index in [-0.39, 0.29) is 19.1 Å². The van der Waals surface area contributed by atoms with E-state index in [1.54, 1.807) is 27.7 Å². The van der Waals surface area contributed by atoms with Crippen molar-refractivity contribution in [2.24, 2.45) is 5.92 Å². The number of alkyl halides is 3. The van der Waals surface area contributed by atoms with Crippen LogP contribution in [-0.2, 0) is 15.7 Å². The minimum atomic E-state index is -4.58. The molecular weight excluding hydrogens is 415 g/mol. The summed E-state index contributed by atoms with van der Waals surface area (Å²) in [5.74, 6) is -1.31. The van der Waals surface area contributed by atoms with Crippen molar-refractivity contribution >= 4 is 12.0 Å². The molecule has 31 heavy (non-hydrogen) atoms. The van der Waals surface area contributed by atoms with Gasteiger partial charge in [-0.2, -0.15) is 13.2 Å². The molecule has 0 aromatic carbocycles. The summed E-state index contributed by atoms with van der Waals surface area (Å²) in [5.41, 5.74) is -2.41. The van der Waals surface area contributed by atoms with Crippen LogP contribution in [0.25, 0.3) is 0 Å². The normalized spacial score (nSPS) is 21.8. The number of rotatable bonds is 6. The number of ether oxygens (including phenoxy) is 2. The predicted octanol–water partition coefficient (Wildman–Crippen LogP) is 4.07. The molecule has 2 atom stereocenters. The average Bonchev–Trinajstić information content (AvgIpc) is 2.63. The van der Waals surface area contributed by atoms with E-state index in [4.69, 9.17) is 9.47 Å². The third-order valence-electron chi connectivity index (χ3n) is 5.03. The van der Waals surface area contributed by atoms with Gasteiger partial charge in [-0.25, -0.2) is 9.78 Å². The molecule has 1 aliphatic carbocycles. The highest BCUT2D eigenvalue weighted by atomic mass is 19.4. The van der Waals surface area contributed by atoms with Gasteiger partial charge in [0.2, 0.25) is 11.8 Å². The molecule has 1 aromatic heterocycles. The molecule has 1 heterocycles. The molecular formula is C21H30F3N3O4. The molecule has 2 amide bonds. The van der Waals surface area contributed by atoms with Crippen molar-refractivity contribution in [2.45, 2.75) is 70.7 Å². The molecule has 7 nitrogen and oxygen atoms in total. The Labute approximate surface area is 180 Å². The fraction of sp³-hybridized carbons (Fsp3) is 0.667. The zero-order valence-electron chi connectivity index (χ0n) is 18.3. The van der Waals surface area contributed by atoms with Crippen LogP contribution in [0.1, 0.15) is 58.9 Å². The molecule has 0 aliphatic heterocycles. The van der Waals surface area contributed by atoms with E-state index in [1.165, 1.54) is 12.3 Å². The van der Waals surface area contributed by atoms with Gasteiger partial charge >= 0.3 is 12.3 Å². The van der Waals surface area contributed by atoms with Crippen LogP contribution in [0.4, 0.5) is 18.0 Å².